The fourth-order valence-corrected chi connectivity index (χ4v) is 3.65. The Bertz CT molecular complexity index is 831. The van der Waals surface area contributed by atoms with E-state index in [0.29, 0.717) is 17.7 Å². The van der Waals surface area contributed by atoms with Crippen LogP contribution in [0.4, 0.5) is 0 Å². The first-order chi connectivity index (χ1) is 12.7. The standard InChI is InChI=1S/C18H21N3O3S2/c1-4-9-22-14-5-7-15(8-6-14)23-10-11-25-18-21-20-17(24-18)16-12(2)19-13(3)26-16/h5-8H,4,9-11H2,1-3H3. The number of hydrogen-bond acceptors (Lipinski definition) is 8. The van der Waals surface area contributed by atoms with E-state index >= 15 is 0 Å². The second kappa shape index (κ2) is 9.05. The molecule has 0 N–H and O–H groups in total. The van der Waals surface area contributed by atoms with Crippen LogP contribution in [0.15, 0.2) is 33.9 Å². The van der Waals surface area contributed by atoms with Gasteiger partial charge in [0.2, 0.25) is 0 Å². The normalized spacial score (nSPS) is 10.9. The van der Waals surface area contributed by atoms with E-state index in [1.807, 2.05) is 38.1 Å². The molecule has 0 radical (unpaired) electrons. The van der Waals surface area contributed by atoms with Gasteiger partial charge in [-0.05, 0) is 44.5 Å². The predicted molar refractivity (Wildman–Crippen MR) is 103 cm³/mol. The van der Waals surface area contributed by atoms with Crippen LogP contribution in [-0.2, 0) is 0 Å². The summed E-state index contributed by atoms with van der Waals surface area (Å²) in [5.74, 6) is 2.92. The van der Waals surface area contributed by atoms with Crippen LogP contribution in [0, 0.1) is 13.8 Å². The van der Waals surface area contributed by atoms with Gasteiger partial charge in [-0.1, -0.05) is 18.7 Å². The van der Waals surface area contributed by atoms with Crippen LogP contribution < -0.4 is 9.47 Å². The molecule has 0 saturated heterocycles. The van der Waals surface area contributed by atoms with E-state index in [-0.39, 0.29) is 0 Å². The zero-order chi connectivity index (χ0) is 18.4. The first-order valence-electron chi connectivity index (χ1n) is 8.42. The Kier molecular flexibility index (Phi) is 6.51. The SMILES string of the molecule is CCCOc1ccc(OCCSc2nnc(-c3sc(C)nc3C)o2)cc1. The average molecular weight is 392 g/mol. The third-order valence-electron chi connectivity index (χ3n) is 3.38. The van der Waals surface area contributed by atoms with Crippen molar-refractivity contribution in [3.05, 3.63) is 35.0 Å². The van der Waals surface area contributed by atoms with Crippen LogP contribution in [0.1, 0.15) is 24.0 Å². The van der Waals surface area contributed by atoms with Crippen molar-refractivity contribution in [3.63, 3.8) is 0 Å². The molecule has 0 aliphatic carbocycles. The molecule has 6 nitrogen and oxygen atoms in total. The molecule has 2 aromatic heterocycles. The van der Waals surface area contributed by atoms with Crippen molar-refractivity contribution in [2.24, 2.45) is 0 Å². The molecule has 3 aromatic rings. The molecule has 0 spiro atoms. The summed E-state index contributed by atoms with van der Waals surface area (Å²) in [5.41, 5.74) is 0.919. The molecular formula is C18H21N3O3S2. The minimum Gasteiger partial charge on any atom is -0.494 e. The Balaban J connectivity index is 1.45. The monoisotopic (exact) mass is 391 g/mol. The quantitative estimate of drug-likeness (QED) is 0.384. The van der Waals surface area contributed by atoms with Crippen molar-refractivity contribution in [3.8, 4) is 22.3 Å². The van der Waals surface area contributed by atoms with E-state index in [1.165, 1.54) is 11.8 Å². The van der Waals surface area contributed by atoms with Crippen LogP contribution in [0.3, 0.4) is 0 Å². The maximum Gasteiger partial charge on any atom is 0.277 e. The van der Waals surface area contributed by atoms with E-state index in [2.05, 4.69) is 22.1 Å². The minimum absolute atomic E-state index is 0.527. The highest BCUT2D eigenvalue weighted by Gasteiger charge is 2.15. The number of rotatable bonds is 9. The number of thioether (sulfide) groups is 1. The lowest BCUT2D eigenvalue weighted by Gasteiger charge is -2.07. The fraction of sp³-hybridized carbons (Fsp3) is 0.389. The summed E-state index contributed by atoms with van der Waals surface area (Å²) in [5, 5.41) is 9.72. The summed E-state index contributed by atoms with van der Waals surface area (Å²) < 4.78 is 17.0. The van der Waals surface area contributed by atoms with E-state index in [0.717, 1.165) is 45.9 Å². The summed E-state index contributed by atoms with van der Waals surface area (Å²) in [6.45, 7) is 7.27. The topological polar surface area (TPSA) is 70.3 Å². The number of ether oxygens (including phenoxy) is 2. The summed E-state index contributed by atoms with van der Waals surface area (Å²) in [6, 6.07) is 7.66. The highest BCUT2D eigenvalue weighted by Crippen LogP contribution is 2.30. The van der Waals surface area contributed by atoms with Crippen molar-refractivity contribution in [2.75, 3.05) is 19.0 Å². The van der Waals surface area contributed by atoms with Gasteiger partial charge in [0.25, 0.3) is 11.1 Å². The molecule has 0 amide bonds. The molecule has 2 heterocycles. The number of nitrogens with zero attached hydrogens (tertiary/aromatic N) is 3. The maximum absolute atomic E-state index is 5.73. The van der Waals surface area contributed by atoms with Gasteiger partial charge in [0.15, 0.2) is 0 Å². The van der Waals surface area contributed by atoms with Gasteiger partial charge in [-0.15, -0.1) is 21.5 Å². The maximum atomic E-state index is 5.73. The van der Waals surface area contributed by atoms with Crippen molar-refractivity contribution in [2.45, 2.75) is 32.4 Å². The number of aryl methyl sites for hydroxylation is 2. The molecule has 8 heteroatoms. The lowest BCUT2D eigenvalue weighted by molar-refractivity contribution is 0.314. The van der Waals surface area contributed by atoms with Gasteiger partial charge >= 0.3 is 0 Å². The van der Waals surface area contributed by atoms with Crippen molar-refractivity contribution in [1.82, 2.24) is 15.2 Å². The zero-order valence-electron chi connectivity index (χ0n) is 15.0. The molecule has 138 valence electrons. The number of hydrogen-bond donors (Lipinski definition) is 0. The molecule has 0 bridgehead atoms. The van der Waals surface area contributed by atoms with E-state index in [4.69, 9.17) is 13.9 Å². The number of benzene rings is 1. The average Bonchev–Trinajstić information content (AvgIpc) is 3.23. The minimum atomic E-state index is 0.527. The van der Waals surface area contributed by atoms with Crippen LogP contribution >= 0.6 is 23.1 Å². The Labute approximate surface area is 161 Å². The summed E-state index contributed by atoms with van der Waals surface area (Å²) in [6.07, 6.45) is 0.995. The molecule has 26 heavy (non-hydrogen) atoms. The van der Waals surface area contributed by atoms with Gasteiger partial charge < -0.3 is 13.9 Å². The van der Waals surface area contributed by atoms with Crippen molar-refractivity contribution >= 4 is 23.1 Å². The van der Waals surface area contributed by atoms with Gasteiger partial charge in [0, 0.05) is 5.75 Å². The van der Waals surface area contributed by atoms with Crippen LogP contribution in [0.25, 0.3) is 10.8 Å². The van der Waals surface area contributed by atoms with Crippen LogP contribution in [-0.4, -0.2) is 34.1 Å². The van der Waals surface area contributed by atoms with Gasteiger partial charge in [0.1, 0.15) is 16.4 Å². The van der Waals surface area contributed by atoms with E-state index < -0.39 is 0 Å². The van der Waals surface area contributed by atoms with Gasteiger partial charge in [-0.2, -0.15) is 0 Å². The molecule has 0 unspecified atom stereocenters. The Morgan fingerprint density at radius 1 is 1.04 bits per heavy atom. The Morgan fingerprint density at radius 2 is 1.73 bits per heavy atom. The van der Waals surface area contributed by atoms with Crippen LogP contribution in [0.2, 0.25) is 0 Å². The first kappa shape index (κ1) is 18.7. The Morgan fingerprint density at radius 3 is 2.35 bits per heavy atom. The van der Waals surface area contributed by atoms with Crippen LogP contribution in [0.5, 0.6) is 11.5 Å². The highest BCUT2D eigenvalue weighted by molar-refractivity contribution is 7.99. The van der Waals surface area contributed by atoms with Crippen molar-refractivity contribution < 1.29 is 13.9 Å². The molecule has 0 aliphatic heterocycles. The first-order valence-corrected chi connectivity index (χ1v) is 10.2. The summed E-state index contributed by atoms with van der Waals surface area (Å²) >= 11 is 3.04. The fourth-order valence-electron chi connectivity index (χ4n) is 2.23. The second-order valence-electron chi connectivity index (χ2n) is 5.54. The molecule has 0 aliphatic rings. The largest absolute Gasteiger partial charge is 0.494 e. The smallest absolute Gasteiger partial charge is 0.277 e. The van der Waals surface area contributed by atoms with Gasteiger partial charge in [0.05, 0.1) is 23.9 Å². The third-order valence-corrected chi connectivity index (χ3v) is 5.22. The summed E-state index contributed by atoms with van der Waals surface area (Å²) in [7, 11) is 0. The highest BCUT2D eigenvalue weighted by atomic mass is 32.2. The number of thiazole rings is 1. The molecule has 3 rings (SSSR count). The van der Waals surface area contributed by atoms with E-state index in [9.17, 15) is 0 Å². The molecule has 1 aromatic carbocycles. The molecule has 0 fully saturated rings. The summed E-state index contributed by atoms with van der Waals surface area (Å²) in [4.78, 5) is 5.32. The zero-order valence-corrected chi connectivity index (χ0v) is 16.7. The van der Waals surface area contributed by atoms with Gasteiger partial charge in [-0.3, -0.25) is 0 Å². The second-order valence-corrected chi connectivity index (χ2v) is 7.79. The third kappa shape index (κ3) is 4.98. The van der Waals surface area contributed by atoms with E-state index in [1.54, 1.807) is 11.3 Å². The van der Waals surface area contributed by atoms with Gasteiger partial charge in [-0.25, -0.2) is 4.98 Å². The Hall–Kier alpha value is -2.06. The molecular weight excluding hydrogens is 370 g/mol. The van der Waals surface area contributed by atoms with Crippen molar-refractivity contribution in [1.29, 1.82) is 0 Å². The lowest BCUT2D eigenvalue weighted by atomic mass is 10.3. The predicted octanol–water partition coefficient (Wildman–Crippen LogP) is 4.77. The molecule has 0 atom stereocenters. The number of aromatic nitrogens is 3. The lowest BCUT2D eigenvalue weighted by Crippen LogP contribution is -2.00. The molecule has 0 saturated carbocycles.